The highest BCUT2D eigenvalue weighted by Gasteiger charge is 2.46. The molecule has 0 unspecified atom stereocenters. The Bertz CT molecular complexity index is 4240. The number of hydrogen-bond donors (Lipinski definition) is 0. The molecule has 1 aliphatic rings. The number of benzene rings is 11. The zero-order valence-corrected chi connectivity index (χ0v) is 40.7. The van der Waals surface area contributed by atoms with Crippen LogP contribution in [0, 0.1) is 0 Å². The molecule has 0 atom stereocenters. The van der Waals surface area contributed by atoms with Gasteiger partial charge in [0.15, 0.2) is 17.5 Å². The van der Waals surface area contributed by atoms with Crippen molar-refractivity contribution in [2.24, 2.45) is 0 Å². The molecule has 75 heavy (non-hydrogen) atoms. The molecule has 11 aromatic carbocycles. The number of aromatic nitrogens is 5. The van der Waals surface area contributed by atoms with Gasteiger partial charge in [0, 0.05) is 43.8 Å². The molecule has 3 aromatic heterocycles. The number of rotatable bonds is 8. The number of para-hydroxylation sites is 4. The maximum Gasteiger partial charge on any atom is 0.164 e. The summed E-state index contributed by atoms with van der Waals surface area (Å²) in [5, 5.41) is 4.74. The molecule has 3 heterocycles. The molecule has 5 heteroatoms. The highest BCUT2D eigenvalue weighted by molar-refractivity contribution is 6.12. The fraction of sp³-hybridized carbons (Fsp3) is 0.0143. The molecule has 0 aliphatic heterocycles. The van der Waals surface area contributed by atoms with Gasteiger partial charge in [-0.05, 0) is 81.4 Å². The van der Waals surface area contributed by atoms with Crippen molar-refractivity contribution in [2.75, 3.05) is 0 Å². The lowest BCUT2D eigenvalue weighted by molar-refractivity contribution is 0.768. The second-order valence-electron chi connectivity index (χ2n) is 19.5. The lowest BCUT2D eigenvalue weighted by Crippen LogP contribution is -2.28. The Balaban J connectivity index is 1.05. The Kier molecular flexibility index (Phi) is 9.72. The Labute approximate surface area is 434 Å². The molecule has 15 rings (SSSR count). The summed E-state index contributed by atoms with van der Waals surface area (Å²) in [7, 11) is 0. The molecule has 0 saturated heterocycles. The molecule has 0 saturated carbocycles. The van der Waals surface area contributed by atoms with E-state index in [1.807, 2.05) is 6.07 Å². The highest BCUT2D eigenvalue weighted by atomic mass is 15.1. The minimum atomic E-state index is -0.593. The van der Waals surface area contributed by atoms with Gasteiger partial charge >= 0.3 is 0 Å². The summed E-state index contributed by atoms with van der Waals surface area (Å²) in [4.78, 5) is 16.5. The van der Waals surface area contributed by atoms with Crippen LogP contribution in [0.3, 0.4) is 0 Å². The smallest absolute Gasteiger partial charge is 0.164 e. The zero-order chi connectivity index (χ0) is 49.5. The van der Waals surface area contributed by atoms with E-state index in [0.717, 1.165) is 61.3 Å². The predicted molar refractivity (Wildman–Crippen MR) is 308 cm³/mol. The van der Waals surface area contributed by atoms with Crippen molar-refractivity contribution >= 4 is 43.6 Å². The van der Waals surface area contributed by atoms with Crippen LogP contribution >= 0.6 is 0 Å². The van der Waals surface area contributed by atoms with Crippen molar-refractivity contribution in [1.82, 2.24) is 24.1 Å². The Morgan fingerprint density at radius 1 is 0.267 bits per heavy atom. The van der Waals surface area contributed by atoms with E-state index < -0.39 is 5.41 Å². The summed E-state index contributed by atoms with van der Waals surface area (Å²) in [5.74, 6) is 1.76. The van der Waals surface area contributed by atoms with Crippen LogP contribution in [0.2, 0.25) is 0 Å². The molecule has 0 spiro atoms. The van der Waals surface area contributed by atoms with E-state index in [1.54, 1.807) is 0 Å². The van der Waals surface area contributed by atoms with Gasteiger partial charge in [-0.2, -0.15) is 0 Å². The van der Waals surface area contributed by atoms with E-state index in [2.05, 4.69) is 276 Å². The van der Waals surface area contributed by atoms with Gasteiger partial charge in [0.05, 0.1) is 38.9 Å². The summed E-state index contributed by atoms with van der Waals surface area (Å²) < 4.78 is 4.89. The maximum atomic E-state index is 5.62. The number of nitrogens with zero attached hydrogens (tertiary/aromatic N) is 5. The molecule has 0 fully saturated rings. The molecule has 350 valence electrons. The molecular formula is C70H45N5. The van der Waals surface area contributed by atoms with Crippen LogP contribution in [0.1, 0.15) is 22.3 Å². The van der Waals surface area contributed by atoms with Gasteiger partial charge in [-0.25, -0.2) is 15.0 Å². The molecule has 0 N–H and O–H groups in total. The Morgan fingerprint density at radius 3 is 1.13 bits per heavy atom. The standard InChI is InChI=1S/C70H45N5/c1-5-23-46(24-6-1)66-64(74-60-37-19-14-32-54(60)55-33-15-20-38-61(55)74)44-49(45-65(66)75-62-39-21-16-34-56(62)57-35-17-22-40-63(57)75)69-72-67(47-25-7-2-8-26-47)71-68(73-69)48-41-42-53-52-31-13-18-36-58(52)70(59(53)43-48,50-27-9-3-10-28-50)51-29-11-4-12-30-51/h1-45H. The van der Waals surface area contributed by atoms with Gasteiger partial charge < -0.3 is 9.13 Å². The van der Waals surface area contributed by atoms with Crippen molar-refractivity contribution < 1.29 is 0 Å². The van der Waals surface area contributed by atoms with E-state index in [0.29, 0.717) is 17.5 Å². The van der Waals surface area contributed by atoms with Gasteiger partial charge in [-0.3, -0.25) is 0 Å². The Morgan fingerprint density at radius 2 is 0.640 bits per heavy atom. The van der Waals surface area contributed by atoms with Crippen molar-refractivity contribution in [3.05, 3.63) is 295 Å². The average Bonchev–Trinajstić information content (AvgIpc) is 4.20. The molecule has 0 amide bonds. The maximum absolute atomic E-state index is 5.62. The monoisotopic (exact) mass is 955 g/mol. The van der Waals surface area contributed by atoms with Crippen LogP contribution in [0.4, 0.5) is 0 Å². The average molecular weight is 956 g/mol. The first-order valence-corrected chi connectivity index (χ1v) is 25.6. The summed E-state index contributed by atoms with van der Waals surface area (Å²) in [5.41, 5.74) is 18.0. The van der Waals surface area contributed by atoms with Crippen LogP contribution in [0.15, 0.2) is 273 Å². The van der Waals surface area contributed by atoms with Crippen LogP contribution < -0.4 is 0 Å². The van der Waals surface area contributed by atoms with E-state index in [1.165, 1.54) is 54.9 Å². The summed E-state index contributed by atoms with van der Waals surface area (Å²) in [6.07, 6.45) is 0. The zero-order valence-electron chi connectivity index (χ0n) is 40.7. The van der Waals surface area contributed by atoms with Crippen LogP contribution in [-0.2, 0) is 5.41 Å². The second kappa shape index (κ2) is 17.1. The number of hydrogen-bond acceptors (Lipinski definition) is 3. The first-order valence-electron chi connectivity index (χ1n) is 25.6. The highest BCUT2D eigenvalue weighted by Crippen LogP contribution is 2.57. The lowest BCUT2D eigenvalue weighted by atomic mass is 9.67. The summed E-state index contributed by atoms with van der Waals surface area (Å²) >= 11 is 0. The molecule has 1 aliphatic carbocycles. The summed E-state index contributed by atoms with van der Waals surface area (Å²) in [6, 6.07) is 98.3. The SMILES string of the molecule is c1ccc(-c2nc(-c3cc(-n4c5ccccc5c5ccccc54)c(-c4ccccc4)c(-n4c5ccccc5c5ccccc54)c3)nc(-c3ccc4c(c3)C(c3ccccc3)(c3ccccc3)c3ccccc3-4)n2)cc1. The van der Waals surface area contributed by atoms with Gasteiger partial charge in [0.2, 0.25) is 0 Å². The van der Waals surface area contributed by atoms with Crippen LogP contribution in [0.25, 0.3) is 111 Å². The number of fused-ring (bicyclic) bond motifs is 9. The van der Waals surface area contributed by atoms with Crippen molar-refractivity contribution in [2.45, 2.75) is 5.41 Å². The van der Waals surface area contributed by atoms with Gasteiger partial charge in [-0.1, -0.05) is 231 Å². The molecule has 14 aromatic rings. The lowest BCUT2D eigenvalue weighted by Gasteiger charge is -2.34. The topological polar surface area (TPSA) is 48.5 Å². The first kappa shape index (κ1) is 42.7. The van der Waals surface area contributed by atoms with E-state index in [-0.39, 0.29) is 0 Å². The quantitative estimate of drug-likeness (QED) is 0.152. The normalized spacial score (nSPS) is 12.6. The second-order valence-corrected chi connectivity index (χ2v) is 19.5. The van der Waals surface area contributed by atoms with Crippen molar-refractivity contribution in [3.63, 3.8) is 0 Å². The van der Waals surface area contributed by atoms with E-state index >= 15 is 0 Å². The molecule has 5 nitrogen and oxygen atoms in total. The van der Waals surface area contributed by atoms with Gasteiger partial charge in [0.1, 0.15) is 0 Å². The third-order valence-electron chi connectivity index (χ3n) is 15.4. The van der Waals surface area contributed by atoms with Crippen LogP contribution in [0.5, 0.6) is 0 Å². The van der Waals surface area contributed by atoms with Gasteiger partial charge in [-0.15, -0.1) is 0 Å². The fourth-order valence-corrected chi connectivity index (χ4v) is 12.3. The minimum Gasteiger partial charge on any atom is -0.309 e. The predicted octanol–water partition coefficient (Wildman–Crippen LogP) is 17.1. The minimum absolute atomic E-state index is 0.573. The van der Waals surface area contributed by atoms with Crippen molar-refractivity contribution in [1.29, 1.82) is 0 Å². The molecule has 0 bridgehead atoms. The van der Waals surface area contributed by atoms with E-state index in [9.17, 15) is 0 Å². The third kappa shape index (κ3) is 6.54. The third-order valence-corrected chi connectivity index (χ3v) is 15.4. The largest absolute Gasteiger partial charge is 0.309 e. The fourth-order valence-electron chi connectivity index (χ4n) is 12.3. The first-order chi connectivity index (χ1) is 37.2. The van der Waals surface area contributed by atoms with E-state index in [4.69, 9.17) is 15.0 Å². The molecular weight excluding hydrogens is 911 g/mol. The van der Waals surface area contributed by atoms with Crippen LogP contribution in [-0.4, -0.2) is 24.1 Å². The Hall–Kier alpha value is -9.97. The van der Waals surface area contributed by atoms with Crippen molar-refractivity contribution in [3.8, 4) is 67.8 Å². The van der Waals surface area contributed by atoms with Gasteiger partial charge in [0.25, 0.3) is 0 Å². The summed E-state index contributed by atoms with van der Waals surface area (Å²) in [6.45, 7) is 0. The molecule has 0 radical (unpaired) electrons.